The Morgan fingerprint density at radius 2 is 2.43 bits per heavy atom. The molecule has 0 amide bonds. The number of likely N-dealkylation sites (tertiary alicyclic amines) is 1. The Morgan fingerprint density at radius 1 is 1.71 bits per heavy atom. The average molecular weight is 197 g/mol. The summed E-state index contributed by atoms with van der Waals surface area (Å²) in [6.07, 6.45) is 4.17. The third-order valence-corrected chi connectivity index (χ3v) is 3.39. The highest BCUT2D eigenvalue weighted by molar-refractivity contribution is 4.97. The molecule has 0 spiro atoms. The van der Waals surface area contributed by atoms with E-state index in [-0.39, 0.29) is 5.54 Å². The molecular weight excluding hydrogens is 174 g/mol. The van der Waals surface area contributed by atoms with Crippen LogP contribution in [0.15, 0.2) is 12.7 Å². The van der Waals surface area contributed by atoms with Gasteiger partial charge in [-0.3, -0.25) is 0 Å². The van der Waals surface area contributed by atoms with Gasteiger partial charge < -0.3 is 16.0 Å². The zero-order valence-corrected chi connectivity index (χ0v) is 9.42. The Balaban J connectivity index is 2.56. The lowest BCUT2D eigenvalue weighted by Gasteiger charge is -2.44. The van der Waals surface area contributed by atoms with E-state index in [4.69, 9.17) is 5.73 Å². The maximum absolute atomic E-state index is 5.87. The zero-order chi connectivity index (χ0) is 10.6. The molecular formula is C11H23N3. The second kappa shape index (κ2) is 4.91. The van der Waals surface area contributed by atoms with Crippen molar-refractivity contribution in [1.82, 2.24) is 10.2 Å². The number of piperidine rings is 1. The molecule has 0 aromatic heterocycles. The average Bonchev–Trinajstić information content (AvgIpc) is 2.20. The highest BCUT2D eigenvalue weighted by Gasteiger charge is 2.34. The molecule has 3 nitrogen and oxygen atoms in total. The van der Waals surface area contributed by atoms with Gasteiger partial charge in [-0.25, -0.2) is 0 Å². The summed E-state index contributed by atoms with van der Waals surface area (Å²) in [4.78, 5) is 2.39. The van der Waals surface area contributed by atoms with Crippen molar-refractivity contribution in [3.05, 3.63) is 12.7 Å². The normalized spacial score (nSPS) is 34.4. The minimum Gasteiger partial charge on any atom is -0.329 e. The van der Waals surface area contributed by atoms with Gasteiger partial charge in [0.25, 0.3) is 0 Å². The van der Waals surface area contributed by atoms with Crippen LogP contribution < -0.4 is 11.1 Å². The number of rotatable bonds is 4. The summed E-state index contributed by atoms with van der Waals surface area (Å²) in [5.74, 6) is 0. The lowest BCUT2D eigenvalue weighted by Crippen LogP contribution is -2.59. The van der Waals surface area contributed by atoms with Crippen molar-refractivity contribution in [2.75, 3.05) is 26.7 Å². The van der Waals surface area contributed by atoms with E-state index in [1.165, 1.54) is 0 Å². The van der Waals surface area contributed by atoms with Crippen LogP contribution in [0.5, 0.6) is 0 Å². The quantitative estimate of drug-likeness (QED) is 0.648. The third-order valence-electron chi connectivity index (χ3n) is 3.39. The maximum Gasteiger partial charge on any atom is 0.0333 e. The van der Waals surface area contributed by atoms with Crippen LogP contribution >= 0.6 is 0 Å². The molecule has 1 aliphatic heterocycles. The van der Waals surface area contributed by atoms with Crippen LogP contribution in [0.1, 0.15) is 19.8 Å². The lowest BCUT2D eigenvalue weighted by molar-refractivity contribution is 0.114. The molecule has 1 saturated heterocycles. The smallest absolute Gasteiger partial charge is 0.0333 e. The molecule has 0 saturated carbocycles. The number of nitrogens with one attached hydrogen (secondary N) is 1. The van der Waals surface area contributed by atoms with Gasteiger partial charge in [-0.05, 0) is 33.4 Å². The van der Waals surface area contributed by atoms with Crippen molar-refractivity contribution in [1.29, 1.82) is 0 Å². The fraction of sp³-hybridized carbons (Fsp3) is 0.818. The molecule has 3 N–H and O–H groups in total. The Morgan fingerprint density at radius 3 is 2.93 bits per heavy atom. The van der Waals surface area contributed by atoms with Crippen LogP contribution in [0.4, 0.5) is 0 Å². The van der Waals surface area contributed by atoms with Gasteiger partial charge in [0.2, 0.25) is 0 Å². The number of hydrogen-bond acceptors (Lipinski definition) is 3. The Kier molecular flexibility index (Phi) is 4.11. The molecule has 1 rings (SSSR count). The lowest BCUT2D eigenvalue weighted by atomic mass is 9.84. The minimum atomic E-state index is 0.139. The van der Waals surface area contributed by atoms with E-state index in [1.54, 1.807) is 0 Å². The van der Waals surface area contributed by atoms with Gasteiger partial charge in [0.1, 0.15) is 0 Å². The van der Waals surface area contributed by atoms with Crippen LogP contribution in [-0.2, 0) is 0 Å². The molecule has 3 heteroatoms. The second-order valence-electron chi connectivity index (χ2n) is 4.44. The highest BCUT2D eigenvalue weighted by atomic mass is 15.2. The van der Waals surface area contributed by atoms with Crippen molar-refractivity contribution in [2.45, 2.75) is 31.3 Å². The molecule has 2 unspecified atom stereocenters. The van der Waals surface area contributed by atoms with Gasteiger partial charge in [0.05, 0.1) is 0 Å². The first-order valence-electron chi connectivity index (χ1n) is 5.40. The fourth-order valence-electron chi connectivity index (χ4n) is 2.14. The molecule has 0 aliphatic carbocycles. The largest absolute Gasteiger partial charge is 0.329 e. The standard InChI is InChI=1S/C11H23N3/c1-4-6-13-11(9-12)5-7-14(3)10(2)8-11/h4,10,13H,1,5-9,12H2,2-3H3. The first-order valence-corrected chi connectivity index (χ1v) is 5.40. The van der Waals surface area contributed by atoms with Gasteiger partial charge >= 0.3 is 0 Å². The molecule has 0 aromatic carbocycles. The van der Waals surface area contributed by atoms with E-state index in [0.717, 1.165) is 32.5 Å². The number of nitrogens with two attached hydrogens (primary N) is 1. The van der Waals surface area contributed by atoms with Gasteiger partial charge in [-0.2, -0.15) is 0 Å². The van der Waals surface area contributed by atoms with Crippen molar-refractivity contribution in [3.63, 3.8) is 0 Å². The van der Waals surface area contributed by atoms with Crippen LogP contribution in [0.2, 0.25) is 0 Å². The molecule has 82 valence electrons. The molecule has 14 heavy (non-hydrogen) atoms. The summed E-state index contributed by atoms with van der Waals surface area (Å²) in [5.41, 5.74) is 6.01. The van der Waals surface area contributed by atoms with Crippen LogP contribution in [0.25, 0.3) is 0 Å². The predicted molar refractivity (Wildman–Crippen MR) is 61.3 cm³/mol. The Hall–Kier alpha value is -0.380. The summed E-state index contributed by atoms with van der Waals surface area (Å²) in [5, 5.41) is 3.52. The van der Waals surface area contributed by atoms with Crippen LogP contribution in [-0.4, -0.2) is 43.2 Å². The second-order valence-corrected chi connectivity index (χ2v) is 4.44. The summed E-state index contributed by atoms with van der Waals surface area (Å²) in [7, 11) is 2.18. The van der Waals surface area contributed by atoms with E-state index in [1.807, 2.05) is 6.08 Å². The zero-order valence-electron chi connectivity index (χ0n) is 9.42. The third kappa shape index (κ3) is 2.56. The van der Waals surface area contributed by atoms with E-state index in [0.29, 0.717) is 6.04 Å². The molecule has 1 fully saturated rings. The molecule has 0 aromatic rings. The Bertz CT molecular complexity index is 193. The first kappa shape index (κ1) is 11.7. The molecule has 1 heterocycles. The molecule has 0 radical (unpaired) electrons. The monoisotopic (exact) mass is 197 g/mol. The van der Waals surface area contributed by atoms with E-state index >= 15 is 0 Å². The molecule has 2 atom stereocenters. The van der Waals surface area contributed by atoms with Crippen LogP contribution in [0.3, 0.4) is 0 Å². The van der Waals surface area contributed by atoms with Gasteiger partial charge in [0, 0.05) is 24.7 Å². The van der Waals surface area contributed by atoms with E-state index in [9.17, 15) is 0 Å². The van der Waals surface area contributed by atoms with Crippen molar-refractivity contribution >= 4 is 0 Å². The van der Waals surface area contributed by atoms with Crippen molar-refractivity contribution in [3.8, 4) is 0 Å². The van der Waals surface area contributed by atoms with Crippen LogP contribution in [0, 0.1) is 0 Å². The van der Waals surface area contributed by atoms with E-state index in [2.05, 4.69) is 30.8 Å². The summed E-state index contributed by atoms with van der Waals surface area (Å²) < 4.78 is 0. The molecule has 0 bridgehead atoms. The van der Waals surface area contributed by atoms with Gasteiger partial charge in [-0.15, -0.1) is 6.58 Å². The van der Waals surface area contributed by atoms with Gasteiger partial charge in [-0.1, -0.05) is 6.08 Å². The first-order chi connectivity index (χ1) is 6.63. The predicted octanol–water partition coefficient (Wildman–Crippen LogP) is 0.574. The number of nitrogens with zero attached hydrogens (tertiary/aromatic N) is 1. The van der Waals surface area contributed by atoms with Gasteiger partial charge in [0.15, 0.2) is 0 Å². The minimum absolute atomic E-state index is 0.139. The fourth-order valence-corrected chi connectivity index (χ4v) is 2.14. The highest BCUT2D eigenvalue weighted by Crippen LogP contribution is 2.24. The Labute approximate surface area is 87.3 Å². The summed E-state index contributed by atoms with van der Waals surface area (Å²) in [6, 6.07) is 0.615. The van der Waals surface area contributed by atoms with Crippen molar-refractivity contribution < 1.29 is 0 Å². The number of hydrogen-bond donors (Lipinski definition) is 2. The molecule has 1 aliphatic rings. The van der Waals surface area contributed by atoms with E-state index < -0.39 is 0 Å². The van der Waals surface area contributed by atoms with Crippen molar-refractivity contribution in [2.24, 2.45) is 5.73 Å². The summed E-state index contributed by atoms with van der Waals surface area (Å²) in [6.45, 7) is 8.70. The maximum atomic E-state index is 5.87. The summed E-state index contributed by atoms with van der Waals surface area (Å²) >= 11 is 0. The topological polar surface area (TPSA) is 41.3 Å². The SMILES string of the molecule is C=CCNC1(CN)CCN(C)C(C)C1.